The van der Waals surface area contributed by atoms with Crippen molar-refractivity contribution in [1.82, 2.24) is 0 Å². The lowest BCUT2D eigenvalue weighted by atomic mass is 9.24. The van der Waals surface area contributed by atoms with Crippen LogP contribution in [0.5, 0.6) is 0 Å². The Labute approximate surface area is 197 Å². The van der Waals surface area contributed by atoms with Gasteiger partial charge in [-0.2, -0.15) is 0 Å². The number of carbonyl (C=O) groups is 1. The monoisotopic (exact) mass is 448 g/mol. The lowest BCUT2D eigenvalue weighted by Gasteiger charge is -2.80. The number of hydrogen-bond donors (Lipinski definition) is 0. The Balaban J connectivity index is 1.35. The summed E-state index contributed by atoms with van der Waals surface area (Å²) in [5, 5.41) is 0. The van der Waals surface area contributed by atoms with Crippen LogP contribution in [0.15, 0.2) is 60.7 Å². The number of carbonyl (C=O) groups excluding carboxylic acids is 1. The van der Waals surface area contributed by atoms with E-state index in [1.807, 2.05) is 12.1 Å². The van der Waals surface area contributed by atoms with Crippen LogP contribution in [0.3, 0.4) is 0 Å². The summed E-state index contributed by atoms with van der Waals surface area (Å²) in [5.41, 5.74) is 2.55. The topological polar surface area (TPSA) is 44.8 Å². The highest BCUT2D eigenvalue weighted by Gasteiger charge is 2.80. The summed E-state index contributed by atoms with van der Waals surface area (Å²) in [6.07, 6.45) is 4.24. The summed E-state index contributed by atoms with van der Waals surface area (Å²) in [5.74, 6) is 0.430. The minimum atomic E-state index is -0.0473. The van der Waals surface area contributed by atoms with Gasteiger partial charge in [-0.1, -0.05) is 74.5 Å². The van der Waals surface area contributed by atoms with Gasteiger partial charge in [0.15, 0.2) is 0 Å². The molecule has 3 fully saturated rings. The largest absolute Gasteiger partial charge is 0.469 e. The first-order chi connectivity index (χ1) is 15.9. The van der Waals surface area contributed by atoms with E-state index in [1.54, 1.807) is 0 Å². The van der Waals surface area contributed by atoms with Crippen LogP contribution in [0, 0.1) is 28.1 Å². The molecule has 0 amide bonds. The van der Waals surface area contributed by atoms with Crippen molar-refractivity contribution < 1.29 is 19.0 Å². The van der Waals surface area contributed by atoms with Crippen LogP contribution in [0.4, 0.5) is 0 Å². The third kappa shape index (κ3) is 3.45. The molecule has 0 heterocycles. The molecule has 4 nitrogen and oxygen atoms in total. The van der Waals surface area contributed by atoms with Gasteiger partial charge in [-0.25, -0.2) is 0 Å². The van der Waals surface area contributed by atoms with E-state index in [4.69, 9.17) is 14.2 Å². The molecule has 1 spiro atoms. The van der Waals surface area contributed by atoms with Crippen LogP contribution in [0.2, 0.25) is 0 Å². The molecular formula is C29H36O4. The Morgan fingerprint density at radius 1 is 0.939 bits per heavy atom. The number of hydrogen-bond acceptors (Lipinski definition) is 4. The van der Waals surface area contributed by atoms with E-state index in [9.17, 15) is 4.79 Å². The van der Waals surface area contributed by atoms with Crippen LogP contribution in [0.25, 0.3) is 0 Å². The van der Waals surface area contributed by atoms with E-state index in [0.717, 1.165) is 25.7 Å². The molecule has 0 saturated heterocycles. The van der Waals surface area contributed by atoms with E-state index in [-0.39, 0.29) is 34.2 Å². The SMILES string of the molecule is COC(=O)[C@H]1CC23CCC(OCc4ccccc4)C(C)(C)[C@]2(COCc2ccccc2)C[C@@H]13. The smallest absolute Gasteiger partial charge is 0.308 e. The lowest BCUT2D eigenvalue weighted by molar-refractivity contribution is -0.353. The zero-order valence-electron chi connectivity index (χ0n) is 20.1. The highest BCUT2D eigenvalue weighted by molar-refractivity contribution is 5.75. The summed E-state index contributed by atoms with van der Waals surface area (Å²) in [6.45, 7) is 6.71. The normalized spacial score (nSPS) is 33.7. The Hall–Kier alpha value is -2.17. The maximum atomic E-state index is 12.4. The number of esters is 1. The third-order valence-corrected chi connectivity index (χ3v) is 9.45. The second-order valence-corrected chi connectivity index (χ2v) is 10.9. The van der Waals surface area contributed by atoms with Crippen molar-refractivity contribution in [2.75, 3.05) is 13.7 Å². The van der Waals surface area contributed by atoms with Crippen molar-refractivity contribution in [3.63, 3.8) is 0 Å². The first-order valence-corrected chi connectivity index (χ1v) is 12.3. The van der Waals surface area contributed by atoms with Crippen molar-refractivity contribution in [1.29, 1.82) is 0 Å². The Bertz CT molecular complexity index is 972. The highest BCUT2D eigenvalue weighted by Crippen LogP contribution is 2.82. The van der Waals surface area contributed by atoms with Gasteiger partial charge in [0, 0.05) is 5.41 Å². The molecule has 0 aromatic heterocycles. The molecule has 33 heavy (non-hydrogen) atoms. The Kier molecular flexibility index (Phi) is 5.86. The van der Waals surface area contributed by atoms with Gasteiger partial charge in [0.1, 0.15) is 0 Å². The number of ether oxygens (including phenoxy) is 3. The predicted molar refractivity (Wildman–Crippen MR) is 127 cm³/mol. The molecule has 2 aromatic rings. The molecule has 5 atom stereocenters. The first-order valence-electron chi connectivity index (χ1n) is 12.3. The molecule has 3 aliphatic rings. The van der Waals surface area contributed by atoms with Crippen LogP contribution in [-0.2, 0) is 32.2 Å². The minimum absolute atomic E-state index is 0.0174. The average Bonchev–Trinajstić information content (AvgIpc) is 2.83. The molecule has 4 heteroatoms. The van der Waals surface area contributed by atoms with Crippen LogP contribution < -0.4 is 0 Å². The van der Waals surface area contributed by atoms with Gasteiger partial charge in [0.25, 0.3) is 0 Å². The van der Waals surface area contributed by atoms with Gasteiger partial charge in [0.05, 0.1) is 39.0 Å². The van der Waals surface area contributed by atoms with Gasteiger partial charge < -0.3 is 14.2 Å². The lowest BCUT2D eigenvalue weighted by Crippen LogP contribution is -2.78. The standard InChI is InChI=1S/C29H36O4/c1-27(2)25(33-19-22-12-8-5-9-13-22)14-15-28-16-23(26(30)31-3)24(28)17-29(27,28)20-32-18-21-10-6-4-7-11-21/h4-13,23-25H,14-20H2,1-3H3/t23-,24-,25?,28?,29+/m0/s1. The van der Waals surface area contributed by atoms with Crippen molar-refractivity contribution in [2.24, 2.45) is 28.1 Å². The minimum Gasteiger partial charge on any atom is -0.469 e. The number of methoxy groups -OCH3 is 1. The van der Waals surface area contributed by atoms with Crippen LogP contribution >= 0.6 is 0 Å². The van der Waals surface area contributed by atoms with Crippen molar-refractivity contribution in [2.45, 2.75) is 58.8 Å². The molecule has 0 radical (unpaired) electrons. The van der Waals surface area contributed by atoms with E-state index in [2.05, 4.69) is 62.4 Å². The van der Waals surface area contributed by atoms with Crippen molar-refractivity contribution >= 4 is 5.97 Å². The second kappa shape index (κ2) is 8.56. The summed E-state index contributed by atoms with van der Waals surface area (Å²) in [7, 11) is 1.51. The van der Waals surface area contributed by atoms with E-state index in [0.29, 0.717) is 25.7 Å². The van der Waals surface area contributed by atoms with Gasteiger partial charge in [-0.05, 0) is 53.6 Å². The quantitative estimate of drug-likeness (QED) is 0.479. The predicted octanol–water partition coefficient (Wildman–Crippen LogP) is 5.79. The number of benzene rings is 2. The van der Waals surface area contributed by atoms with E-state index in [1.165, 1.54) is 18.2 Å². The van der Waals surface area contributed by atoms with Crippen LogP contribution in [0.1, 0.15) is 50.7 Å². The summed E-state index contributed by atoms with van der Waals surface area (Å²) < 4.78 is 18.1. The summed E-state index contributed by atoms with van der Waals surface area (Å²) >= 11 is 0. The maximum Gasteiger partial charge on any atom is 0.308 e. The second-order valence-electron chi connectivity index (χ2n) is 10.9. The van der Waals surface area contributed by atoms with Gasteiger partial charge in [0.2, 0.25) is 0 Å². The fourth-order valence-electron chi connectivity index (χ4n) is 7.50. The van der Waals surface area contributed by atoms with E-state index >= 15 is 0 Å². The third-order valence-electron chi connectivity index (χ3n) is 9.45. The molecule has 5 rings (SSSR count). The summed E-state index contributed by atoms with van der Waals surface area (Å²) in [4.78, 5) is 12.4. The first kappa shape index (κ1) is 22.6. The van der Waals surface area contributed by atoms with Gasteiger partial charge in [-0.3, -0.25) is 4.79 Å². The molecule has 2 unspecified atom stereocenters. The van der Waals surface area contributed by atoms with E-state index < -0.39 is 0 Å². The van der Waals surface area contributed by atoms with Crippen molar-refractivity contribution in [3.8, 4) is 0 Å². The number of rotatable bonds is 8. The van der Waals surface area contributed by atoms with Gasteiger partial charge in [-0.15, -0.1) is 0 Å². The Morgan fingerprint density at radius 3 is 2.18 bits per heavy atom. The van der Waals surface area contributed by atoms with Gasteiger partial charge >= 0.3 is 5.97 Å². The maximum absolute atomic E-state index is 12.4. The Morgan fingerprint density at radius 2 is 1.58 bits per heavy atom. The highest BCUT2D eigenvalue weighted by atomic mass is 16.5. The zero-order chi connectivity index (χ0) is 23.1. The molecule has 0 bridgehead atoms. The fourth-order valence-corrected chi connectivity index (χ4v) is 7.50. The van der Waals surface area contributed by atoms with Crippen LogP contribution in [-0.4, -0.2) is 25.8 Å². The molecular weight excluding hydrogens is 412 g/mol. The average molecular weight is 449 g/mol. The molecule has 3 saturated carbocycles. The van der Waals surface area contributed by atoms with Crippen molar-refractivity contribution in [3.05, 3.63) is 71.8 Å². The molecule has 3 aliphatic carbocycles. The molecule has 0 aliphatic heterocycles. The summed E-state index contributed by atoms with van der Waals surface area (Å²) in [6, 6.07) is 20.8. The fraction of sp³-hybridized carbons (Fsp3) is 0.552. The molecule has 0 N–H and O–H groups in total. The zero-order valence-corrected chi connectivity index (χ0v) is 20.1. The molecule has 176 valence electrons. The molecule has 2 aromatic carbocycles.